The summed E-state index contributed by atoms with van der Waals surface area (Å²) in [5.41, 5.74) is 8.35. The summed E-state index contributed by atoms with van der Waals surface area (Å²) in [4.78, 5) is 24.0. The van der Waals surface area contributed by atoms with E-state index in [1.165, 1.54) is 17.3 Å². The predicted molar refractivity (Wildman–Crippen MR) is 136 cm³/mol. The van der Waals surface area contributed by atoms with Crippen LogP contribution in [0.2, 0.25) is 0 Å². The van der Waals surface area contributed by atoms with Crippen molar-refractivity contribution in [2.75, 3.05) is 31.0 Å². The molecule has 176 valence electrons. The molecule has 7 heteroatoms. The summed E-state index contributed by atoms with van der Waals surface area (Å²) in [7, 11) is 1.90. The molecule has 2 N–H and O–H groups in total. The summed E-state index contributed by atoms with van der Waals surface area (Å²) in [5.74, 6) is 0.818. The third-order valence-corrected chi connectivity index (χ3v) is 6.80. The molecule has 1 amide bonds. The van der Waals surface area contributed by atoms with E-state index in [4.69, 9.17) is 4.74 Å². The highest BCUT2D eigenvalue weighted by Crippen LogP contribution is 2.32. The number of allylic oxidation sites excluding steroid dienone is 1. The van der Waals surface area contributed by atoms with Gasteiger partial charge in [-0.05, 0) is 47.7 Å². The fourth-order valence-electron chi connectivity index (χ4n) is 3.76. The molecule has 0 aromatic heterocycles. The molecule has 3 rings (SSSR count). The summed E-state index contributed by atoms with van der Waals surface area (Å²) >= 11 is 1.54. The molecule has 2 aromatic carbocycles. The van der Waals surface area contributed by atoms with Gasteiger partial charge in [0, 0.05) is 37.5 Å². The Kier molecular flexibility index (Phi) is 8.97. The van der Waals surface area contributed by atoms with Crippen LogP contribution in [0.4, 0.5) is 5.69 Å². The van der Waals surface area contributed by atoms with Crippen molar-refractivity contribution in [2.45, 2.75) is 38.4 Å². The third-order valence-electron chi connectivity index (χ3n) is 5.53. The quantitative estimate of drug-likeness (QED) is 0.299. The van der Waals surface area contributed by atoms with Crippen LogP contribution in [0.1, 0.15) is 49.0 Å². The Morgan fingerprint density at radius 2 is 1.94 bits per heavy atom. The van der Waals surface area contributed by atoms with Gasteiger partial charge in [0.25, 0.3) is 5.91 Å². The van der Waals surface area contributed by atoms with E-state index in [0.29, 0.717) is 30.4 Å². The number of nitrogens with zero attached hydrogens (tertiary/aromatic N) is 1. The van der Waals surface area contributed by atoms with Crippen molar-refractivity contribution in [3.05, 3.63) is 65.9 Å². The molecule has 1 aliphatic heterocycles. The van der Waals surface area contributed by atoms with E-state index in [0.717, 1.165) is 23.2 Å². The fraction of sp³-hybridized carbons (Fsp3) is 0.385. The zero-order chi connectivity index (χ0) is 23.8. The number of hydrogen-bond donors (Lipinski definition) is 2. The van der Waals surface area contributed by atoms with Crippen molar-refractivity contribution in [1.82, 2.24) is 10.7 Å². The van der Waals surface area contributed by atoms with Gasteiger partial charge in [-0.25, -0.2) is 5.43 Å². The minimum Gasteiger partial charge on any atom is -0.465 e. The van der Waals surface area contributed by atoms with Crippen molar-refractivity contribution in [1.29, 1.82) is 0 Å². The van der Waals surface area contributed by atoms with E-state index in [1.807, 2.05) is 55.5 Å². The van der Waals surface area contributed by atoms with Crippen LogP contribution in [0.3, 0.4) is 0 Å². The molecule has 1 aliphatic rings. The van der Waals surface area contributed by atoms with Crippen LogP contribution in [0, 0.1) is 0 Å². The Morgan fingerprint density at radius 3 is 2.55 bits per heavy atom. The second-order valence-corrected chi connectivity index (χ2v) is 9.46. The lowest BCUT2D eigenvalue weighted by atomic mass is 9.96. The van der Waals surface area contributed by atoms with Crippen molar-refractivity contribution in [2.24, 2.45) is 0 Å². The van der Waals surface area contributed by atoms with Crippen LogP contribution in [0.5, 0.6) is 0 Å². The number of amides is 1. The number of hydrogen-bond acceptors (Lipinski definition) is 6. The van der Waals surface area contributed by atoms with Crippen LogP contribution in [-0.2, 0) is 9.53 Å². The van der Waals surface area contributed by atoms with E-state index >= 15 is 0 Å². The zero-order valence-corrected chi connectivity index (χ0v) is 20.6. The minimum atomic E-state index is -0.143. The van der Waals surface area contributed by atoms with Crippen LogP contribution in [-0.4, -0.2) is 43.1 Å². The topological polar surface area (TPSA) is 70.7 Å². The van der Waals surface area contributed by atoms with E-state index in [1.54, 1.807) is 0 Å². The smallest absolute Gasteiger partial charge is 0.319 e. The molecule has 0 aliphatic carbocycles. The lowest BCUT2D eigenvalue weighted by Gasteiger charge is -2.24. The average Bonchev–Trinajstić information content (AvgIpc) is 3.24. The van der Waals surface area contributed by atoms with Gasteiger partial charge < -0.3 is 10.1 Å². The Labute approximate surface area is 200 Å². The standard InChI is InChI=1S/C26H33N3O3S/c1-5-14-29(27-4)23-17-21(10-11-22(23)18(2)3)19-6-8-20(9-7-19)25(30)28-13-16-33-24-12-15-32-26(24)31/h5-11,14,17-18,24,27H,12-13,15-16H2,1-4H3,(H,28,30)/b14-5-. The van der Waals surface area contributed by atoms with E-state index < -0.39 is 0 Å². The maximum atomic E-state index is 12.5. The van der Waals surface area contributed by atoms with Gasteiger partial charge in [-0.1, -0.05) is 44.2 Å². The van der Waals surface area contributed by atoms with Crippen LogP contribution < -0.4 is 15.8 Å². The number of carbonyl (C=O) groups is 2. The van der Waals surface area contributed by atoms with Gasteiger partial charge in [-0.3, -0.25) is 14.6 Å². The molecule has 1 unspecified atom stereocenters. The van der Waals surface area contributed by atoms with E-state index in [9.17, 15) is 9.59 Å². The molecule has 1 fully saturated rings. The van der Waals surface area contributed by atoms with Gasteiger partial charge in [0.05, 0.1) is 12.3 Å². The molecule has 1 atom stereocenters. The number of rotatable bonds is 10. The first-order chi connectivity index (χ1) is 15.9. The molecule has 1 heterocycles. The second-order valence-electron chi connectivity index (χ2n) is 8.15. The van der Waals surface area contributed by atoms with Crippen molar-refractivity contribution < 1.29 is 14.3 Å². The van der Waals surface area contributed by atoms with Crippen LogP contribution in [0.25, 0.3) is 11.1 Å². The maximum Gasteiger partial charge on any atom is 0.319 e. The predicted octanol–water partition coefficient (Wildman–Crippen LogP) is 4.73. The summed E-state index contributed by atoms with van der Waals surface area (Å²) in [6, 6.07) is 14.1. The fourth-order valence-corrected chi connectivity index (χ4v) is 4.73. The summed E-state index contributed by atoms with van der Waals surface area (Å²) in [5, 5.41) is 4.85. The lowest BCUT2D eigenvalue weighted by Crippen LogP contribution is -2.30. The maximum absolute atomic E-state index is 12.5. The largest absolute Gasteiger partial charge is 0.465 e. The van der Waals surface area contributed by atoms with Gasteiger partial charge in [0.2, 0.25) is 0 Å². The molecule has 0 saturated carbocycles. The summed E-state index contributed by atoms with van der Waals surface area (Å²) in [6.07, 6.45) is 4.75. The Bertz CT molecular complexity index is 989. The first-order valence-corrected chi connectivity index (χ1v) is 12.4. The number of cyclic esters (lactones) is 1. The Morgan fingerprint density at radius 1 is 1.21 bits per heavy atom. The number of hydrazine groups is 1. The van der Waals surface area contributed by atoms with Crippen molar-refractivity contribution in [3.8, 4) is 11.1 Å². The molecule has 1 saturated heterocycles. The Balaban J connectivity index is 1.66. The zero-order valence-electron chi connectivity index (χ0n) is 19.8. The number of nitrogens with one attached hydrogen (secondary N) is 2. The Hall–Kier alpha value is -2.77. The number of benzene rings is 2. The SMILES string of the molecule is C/C=C\N(NC)c1cc(-c2ccc(C(=O)NCCSC3CCOC3=O)cc2)ccc1C(C)C. The molecular weight excluding hydrogens is 434 g/mol. The minimum absolute atomic E-state index is 0.0974. The first kappa shape index (κ1) is 24.9. The highest BCUT2D eigenvalue weighted by molar-refractivity contribution is 8.00. The van der Waals surface area contributed by atoms with Gasteiger partial charge in [0.15, 0.2) is 0 Å². The normalized spacial score (nSPS) is 15.8. The number of ether oxygens (including phenoxy) is 1. The van der Waals surface area contributed by atoms with Crippen LogP contribution >= 0.6 is 11.8 Å². The summed E-state index contributed by atoms with van der Waals surface area (Å²) < 4.78 is 4.96. The summed E-state index contributed by atoms with van der Waals surface area (Å²) in [6.45, 7) is 7.38. The van der Waals surface area contributed by atoms with Gasteiger partial charge in [0.1, 0.15) is 5.25 Å². The number of thioether (sulfide) groups is 1. The molecular formula is C26H33N3O3S. The lowest BCUT2D eigenvalue weighted by molar-refractivity contribution is -0.137. The van der Waals surface area contributed by atoms with Crippen molar-refractivity contribution in [3.63, 3.8) is 0 Å². The van der Waals surface area contributed by atoms with Gasteiger partial charge in [-0.2, -0.15) is 0 Å². The highest BCUT2D eigenvalue weighted by Gasteiger charge is 2.26. The van der Waals surface area contributed by atoms with E-state index in [-0.39, 0.29) is 17.1 Å². The van der Waals surface area contributed by atoms with Crippen molar-refractivity contribution >= 4 is 29.3 Å². The molecule has 0 radical (unpaired) electrons. The monoisotopic (exact) mass is 467 g/mol. The highest BCUT2D eigenvalue weighted by atomic mass is 32.2. The molecule has 0 spiro atoms. The third kappa shape index (κ3) is 6.39. The number of esters is 1. The van der Waals surface area contributed by atoms with Gasteiger partial charge >= 0.3 is 5.97 Å². The molecule has 33 heavy (non-hydrogen) atoms. The van der Waals surface area contributed by atoms with Gasteiger partial charge in [-0.15, -0.1) is 11.8 Å². The number of anilines is 1. The molecule has 6 nitrogen and oxygen atoms in total. The number of carbonyl (C=O) groups excluding carboxylic acids is 2. The average molecular weight is 468 g/mol. The molecule has 2 aromatic rings. The molecule has 0 bridgehead atoms. The first-order valence-electron chi connectivity index (χ1n) is 11.3. The van der Waals surface area contributed by atoms with E-state index in [2.05, 4.69) is 42.8 Å². The second kappa shape index (κ2) is 11.9. The van der Waals surface area contributed by atoms with Crippen LogP contribution in [0.15, 0.2) is 54.7 Å².